The summed E-state index contributed by atoms with van der Waals surface area (Å²) in [6, 6.07) is 19.0. The molecule has 0 atom stereocenters. The van der Waals surface area contributed by atoms with Crippen LogP contribution in [-0.2, 0) is 17.9 Å². The second-order valence-electron chi connectivity index (χ2n) is 8.60. The molecule has 7 heteroatoms. The molecule has 6 nitrogen and oxygen atoms in total. The van der Waals surface area contributed by atoms with Gasteiger partial charge in [0.05, 0.1) is 24.5 Å². The van der Waals surface area contributed by atoms with E-state index in [0.717, 1.165) is 27.8 Å². The Morgan fingerprint density at radius 1 is 1.09 bits per heavy atom. The lowest BCUT2D eigenvalue weighted by molar-refractivity contribution is 0.185. The topological polar surface area (TPSA) is 71.6 Å². The van der Waals surface area contributed by atoms with Gasteiger partial charge in [-0.3, -0.25) is 4.90 Å². The first-order valence-corrected chi connectivity index (χ1v) is 11.2. The van der Waals surface area contributed by atoms with Gasteiger partial charge >= 0.3 is 0 Å². The monoisotopic (exact) mass is 473 g/mol. The third-order valence-corrected chi connectivity index (χ3v) is 5.69. The molecule has 0 amide bonds. The van der Waals surface area contributed by atoms with Crippen molar-refractivity contribution in [1.29, 1.82) is 0 Å². The van der Waals surface area contributed by atoms with Crippen molar-refractivity contribution >= 4 is 0 Å². The van der Waals surface area contributed by atoms with E-state index in [2.05, 4.69) is 35.8 Å². The number of likely N-dealkylation sites (N-methyl/N-ethyl adjacent to an activating group) is 1. The van der Waals surface area contributed by atoms with Crippen molar-refractivity contribution in [2.45, 2.75) is 20.1 Å². The fourth-order valence-electron chi connectivity index (χ4n) is 4.11. The molecule has 0 bridgehead atoms. The molecule has 0 aliphatic carbocycles. The molecule has 0 radical (unpaired) electrons. The molecule has 1 N–H and O–H groups in total. The summed E-state index contributed by atoms with van der Waals surface area (Å²) in [5.41, 5.74) is 6.11. The molecule has 3 aromatic carbocycles. The van der Waals surface area contributed by atoms with Gasteiger partial charge in [-0.15, -0.1) is 0 Å². The lowest BCUT2D eigenvalue weighted by Gasteiger charge is -2.15. The normalized spacial score (nSPS) is 11.2. The van der Waals surface area contributed by atoms with Gasteiger partial charge in [-0.05, 0) is 66.1 Å². The van der Waals surface area contributed by atoms with E-state index in [1.165, 1.54) is 11.6 Å². The van der Waals surface area contributed by atoms with Gasteiger partial charge in [-0.2, -0.15) is 4.98 Å². The molecule has 4 aromatic rings. The molecule has 4 rings (SSSR count). The summed E-state index contributed by atoms with van der Waals surface area (Å²) in [4.78, 5) is 6.28. The molecule has 180 valence electrons. The molecule has 0 aliphatic heterocycles. The second-order valence-corrected chi connectivity index (χ2v) is 8.60. The minimum absolute atomic E-state index is 0.0597. The largest absolute Gasteiger partial charge is 0.512 e. The Hall–Kier alpha value is -3.81. The summed E-state index contributed by atoms with van der Waals surface area (Å²) >= 11 is 0. The van der Waals surface area contributed by atoms with Crippen molar-refractivity contribution in [3.8, 4) is 34.0 Å². The van der Waals surface area contributed by atoms with Gasteiger partial charge in [-0.1, -0.05) is 48.1 Å². The van der Waals surface area contributed by atoms with Crippen molar-refractivity contribution in [1.82, 2.24) is 15.0 Å². The molecule has 0 fully saturated rings. The number of halogens is 1. The zero-order chi connectivity index (χ0) is 24.9. The van der Waals surface area contributed by atoms with Gasteiger partial charge in [-0.25, -0.2) is 4.39 Å². The maximum Gasteiger partial charge on any atom is 0.258 e. The Morgan fingerprint density at radius 3 is 2.57 bits per heavy atom. The highest BCUT2D eigenvalue weighted by Crippen LogP contribution is 2.32. The molecular weight excluding hydrogens is 445 g/mol. The lowest BCUT2D eigenvalue weighted by Crippen LogP contribution is -2.20. The molecular formula is C28H28FN3O3. The van der Waals surface area contributed by atoms with E-state index in [0.29, 0.717) is 25.6 Å². The van der Waals surface area contributed by atoms with Crippen LogP contribution in [0.2, 0.25) is 0 Å². The third-order valence-electron chi connectivity index (χ3n) is 5.69. The number of hydrogen-bond donors (Lipinski definition) is 1. The zero-order valence-electron chi connectivity index (χ0n) is 20.1. The highest BCUT2D eigenvalue weighted by atomic mass is 19.1. The lowest BCUT2D eigenvalue weighted by atomic mass is 9.94. The van der Waals surface area contributed by atoms with Crippen LogP contribution in [0.4, 0.5) is 4.39 Å². The highest BCUT2D eigenvalue weighted by molar-refractivity contribution is 5.74. The summed E-state index contributed by atoms with van der Waals surface area (Å²) in [5.74, 6) is 0.0984. The fourth-order valence-corrected chi connectivity index (χ4v) is 4.11. The predicted molar refractivity (Wildman–Crippen MR) is 134 cm³/mol. The number of hydrogen-bond acceptors (Lipinski definition) is 6. The van der Waals surface area contributed by atoms with Crippen LogP contribution in [0.3, 0.4) is 0 Å². The molecule has 0 saturated carbocycles. The Balaban J connectivity index is 1.60. The molecule has 35 heavy (non-hydrogen) atoms. The van der Waals surface area contributed by atoms with E-state index in [1.54, 1.807) is 19.2 Å². The predicted octanol–water partition coefficient (Wildman–Crippen LogP) is 6.17. The van der Waals surface area contributed by atoms with E-state index in [4.69, 9.17) is 9.26 Å². The van der Waals surface area contributed by atoms with Gasteiger partial charge in [0.2, 0.25) is 5.82 Å². The molecule has 1 aromatic heterocycles. The van der Waals surface area contributed by atoms with Crippen LogP contribution in [0.25, 0.3) is 34.0 Å². The molecule has 0 saturated heterocycles. The number of ether oxygens (including phenoxy) is 1. The van der Waals surface area contributed by atoms with Crippen molar-refractivity contribution in [3.05, 3.63) is 95.5 Å². The minimum Gasteiger partial charge on any atom is -0.512 e. The van der Waals surface area contributed by atoms with E-state index in [-0.39, 0.29) is 17.1 Å². The summed E-state index contributed by atoms with van der Waals surface area (Å²) in [6.45, 7) is 6.75. The first kappa shape index (κ1) is 24.3. The third kappa shape index (κ3) is 5.65. The summed E-state index contributed by atoms with van der Waals surface area (Å²) in [7, 11) is 3.48. The fraction of sp³-hybridized carbons (Fsp3) is 0.214. The number of benzene rings is 3. The van der Waals surface area contributed by atoms with Crippen LogP contribution in [0, 0.1) is 12.7 Å². The number of nitrogens with zero attached hydrogens (tertiary/aromatic N) is 3. The second kappa shape index (κ2) is 10.6. The van der Waals surface area contributed by atoms with Crippen LogP contribution >= 0.6 is 0 Å². The maximum absolute atomic E-state index is 14.9. The van der Waals surface area contributed by atoms with Crippen LogP contribution < -0.4 is 0 Å². The molecule has 1 heterocycles. The number of rotatable bonds is 9. The van der Waals surface area contributed by atoms with E-state index < -0.39 is 5.82 Å². The Bertz CT molecular complexity index is 1350. The van der Waals surface area contributed by atoms with Gasteiger partial charge in [0.15, 0.2) is 0 Å². The standard InChI is InChI=1S/C28H28FN3O3/c1-18-7-5-6-8-23(18)24-12-10-21(14-22(24)17-34-4)28-30-27(31-35-28)25-11-9-20(13-26(25)29)16-32(3)15-19(2)33/h5-14,33H,2,15-17H2,1,3-4H3. The average Bonchev–Trinajstić information content (AvgIpc) is 3.29. The van der Waals surface area contributed by atoms with Crippen LogP contribution in [0.5, 0.6) is 0 Å². The average molecular weight is 474 g/mol. The van der Waals surface area contributed by atoms with Gasteiger partial charge in [0, 0.05) is 19.2 Å². The first-order valence-electron chi connectivity index (χ1n) is 11.2. The van der Waals surface area contributed by atoms with E-state index in [1.807, 2.05) is 42.3 Å². The summed E-state index contributed by atoms with van der Waals surface area (Å²) in [5, 5.41) is 13.3. The van der Waals surface area contributed by atoms with Gasteiger partial charge < -0.3 is 14.4 Å². The van der Waals surface area contributed by atoms with E-state index >= 15 is 0 Å². The van der Waals surface area contributed by atoms with Gasteiger partial charge in [0.25, 0.3) is 5.89 Å². The van der Waals surface area contributed by atoms with Gasteiger partial charge in [0.1, 0.15) is 5.82 Å². The van der Waals surface area contributed by atoms with E-state index in [9.17, 15) is 9.50 Å². The highest BCUT2D eigenvalue weighted by Gasteiger charge is 2.17. The number of aliphatic hydroxyl groups is 1. The smallest absolute Gasteiger partial charge is 0.258 e. The van der Waals surface area contributed by atoms with Crippen molar-refractivity contribution in [2.24, 2.45) is 0 Å². The van der Waals surface area contributed by atoms with Crippen molar-refractivity contribution in [2.75, 3.05) is 20.7 Å². The number of aryl methyl sites for hydroxylation is 1. The number of methoxy groups -OCH3 is 1. The number of aliphatic hydroxyl groups excluding tert-OH is 1. The van der Waals surface area contributed by atoms with Crippen LogP contribution in [0.1, 0.15) is 16.7 Å². The first-order chi connectivity index (χ1) is 16.9. The molecule has 0 aliphatic rings. The van der Waals surface area contributed by atoms with Crippen LogP contribution in [0.15, 0.2) is 77.5 Å². The maximum atomic E-state index is 14.9. The number of aromatic nitrogens is 2. The van der Waals surface area contributed by atoms with Crippen molar-refractivity contribution in [3.63, 3.8) is 0 Å². The Morgan fingerprint density at radius 2 is 1.86 bits per heavy atom. The van der Waals surface area contributed by atoms with Crippen molar-refractivity contribution < 1.29 is 18.8 Å². The SMILES string of the molecule is C=C(O)CN(C)Cc1ccc(-c2noc(-c3ccc(-c4ccccc4C)c(COC)c3)n2)c(F)c1. The zero-order valence-corrected chi connectivity index (χ0v) is 20.1. The molecule has 0 spiro atoms. The Kier molecular flexibility index (Phi) is 7.39. The quantitative estimate of drug-likeness (QED) is 0.293. The Labute approximate surface area is 204 Å². The summed E-state index contributed by atoms with van der Waals surface area (Å²) < 4.78 is 25.8. The summed E-state index contributed by atoms with van der Waals surface area (Å²) in [6.07, 6.45) is 0. The minimum atomic E-state index is -0.443. The molecule has 0 unspecified atom stereocenters. The van der Waals surface area contributed by atoms with Crippen LogP contribution in [-0.4, -0.2) is 40.8 Å².